The SMILES string of the molecule is Cc1cccc(C)c1NC(=O)Cn1c(C)cc(C)c(-c2nc(-c3ccc4c(c3)OCO4)no2)c1=O. The van der Waals surface area contributed by atoms with Crippen LogP contribution in [0.25, 0.3) is 22.8 Å². The van der Waals surface area contributed by atoms with Gasteiger partial charge in [0.1, 0.15) is 12.1 Å². The number of rotatable bonds is 5. The van der Waals surface area contributed by atoms with Gasteiger partial charge in [0.2, 0.25) is 18.5 Å². The summed E-state index contributed by atoms with van der Waals surface area (Å²) < 4.78 is 17.6. The fourth-order valence-corrected chi connectivity index (χ4v) is 4.20. The highest BCUT2D eigenvalue weighted by Crippen LogP contribution is 2.35. The summed E-state index contributed by atoms with van der Waals surface area (Å²) in [5, 5.41) is 6.98. The lowest BCUT2D eigenvalue weighted by molar-refractivity contribution is -0.116. The number of hydrogen-bond donors (Lipinski definition) is 1. The molecule has 1 amide bonds. The second kappa shape index (κ2) is 8.75. The zero-order valence-electron chi connectivity index (χ0n) is 19.8. The average Bonchev–Trinajstić information content (AvgIpc) is 3.48. The Morgan fingerprint density at radius 2 is 1.74 bits per heavy atom. The van der Waals surface area contributed by atoms with Gasteiger partial charge in [-0.05, 0) is 68.7 Å². The van der Waals surface area contributed by atoms with Crippen molar-refractivity contribution in [2.45, 2.75) is 34.2 Å². The molecule has 35 heavy (non-hydrogen) atoms. The summed E-state index contributed by atoms with van der Waals surface area (Å²) >= 11 is 0. The van der Waals surface area contributed by atoms with Crippen molar-refractivity contribution < 1.29 is 18.8 Å². The zero-order valence-corrected chi connectivity index (χ0v) is 19.8. The maximum absolute atomic E-state index is 13.5. The highest BCUT2D eigenvalue weighted by molar-refractivity contribution is 5.92. The van der Waals surface area contributed by atoms with Crippen LogP contribution < -0.4 is 20.3 Å². The summed E-state index contributed by atoms with van der Waals surface area (Å²) in [6.45, 7) is 7.46. The molecule has 178 valence electrons. The van der Waals surface area contributed by atoms with Crippen molar-refractivity contribution in [3.8, 4) is 34.3 Å². The van der Waals surface area contributed by atoms with E-state index in [0.29, 0.717) is 34.1 Å². The first-order valence-corrected chi connectivity index (χ1v) is 11.1. The molecule has 4 aromatic rings. The Morgan fingerprint density at radius 1 is 1.00 bits per heavy atom. The Hall–Kier alpha value is -4.40. The Morgan fingerprint density at radius 3 is 2.51 bits per heavy atom. The van der Waals surface area contributed by atoms with E-state index in [4.69, 9.17) is 14.0 Å². The first-order chi connectivity index (χ1) is 16.8. The Kier molecular flexibility index (Phi) is 5.60. The molecule has 0 saturated heterocycles. The molecule has 0 fully saturated rings. The number of carbonyl (C=O) groups is 1. The second-order valence-electron chi connectivity index (χ2n) is 8.54. The molecule has 0 saturated carbocycles. The number of nitrogens with one attached hydrogen (secondary N) is 1. The van der Waals surface area contributed by atoms with E-state index >= 15 is 0 Å². The zero-order chi connectivity index (χ0) is 24.7. The molecule has 1 aliphatic rings. The molecule has 2 aromatic carbocycles. The number of ether oxygens (including phenoxy) is 2. The molecule has 9 nitrogen and oxygen atoms in total. The van der Waals surface area contributed by atoms with Gasteiger partial charge in [0, 0.05) is 16.9 Å². The number of aromatic nitrogens is 3. The number of aryl methyl sites for hydroxylation is 4. The number of pyridine rings is 1. The number of hydrogen-bond acceptors (Lipinski definition) is 7. The second-order valence-corrected chi connectivity index (χ2v) is 8.54. The van der Waals surface area contributed by atoms with Crippen LogP contribution in [0.1, 0.15) is 22.4 Å². The van der Waals surface area contributed by atoms with Crippen LogP contribution in [-0.2, 0) is 11.3 Å². The molecule has 9 heteroatoms. The lowest BCUT2D eigenvalue weighted by Crippen LogP contribution is -2.31. The van der Waals surface area contributed by atoms with E-state index in [1.54, 1.807) is 32.0 Å². The van der Waals surface area contributed by atoms with Crippen molar-refractivity contribution >= 4 is 11.6 Å². The summed E-state index contributed by atoms with van der Waals surface area (Å²) in [6, 6.07) is 12.9. The van der Waals surface area contributed by atoms with Crippen LogP contribution in [0.3, 0.4) is 0 Å². The van der Waals surface area contributed by atoms with E-state index in [0.717, 1.165) is 16.8 Å². The molecule has 5 rings (SSSR count). The number of nitrogens with zero attached hydrogens (tertiary/aromatic N) is 3. The Labute approximate surface area is 201 Å². The molecule has 0 atom stereocenters. The number of fused-ring (bicyclic) bond motifs is 1. The Bertz CT molecular complexity index is 1500. The van der Waals surface area contributed by atoms with Gasteiger partial charge in [0.15, 0.2) is 11.5 Å². The van der Waals surface area contributed by atoms with Gasteiger partial charge in [-0.3, -0.25) is 9.59 Å². The quantitative estimate of drug-likeness (QED) is 0.464. The summed E-state index contributed by atoms with van der Waals surface area (Å²) in [5.74, 6) is 1.35. The lowest BCUT2D eigenvalue weighted by atomic mass is 10.1. The van der Waals surface area contributed by atoms with E-state index in [-0.39, 0.29) is 36.3 Å². The van der Waals surface area contributed by atoms with E-state index in [1.807, 2.05) is 38.1 Å². The lowest BCUT2D eigenvalue weighted by Gasteiger charge is -2.15. The molecular weight excluding hydrogens is 448 g/mol. The summed E-state index contributed by atoms with van der Waals surface area (Å²) in [7, 11) is 0. The van der Waals surface area contributed by atoms with Crippen molar-refractivity contribution in [2.75, 3.05) is 12.1 Å². The first-order valence-electron chi connectivity index (χ1n) is 11.1. The number of para-hydroxylation sites is 1. The minimum atomic E-state index is -0.375. The van der Waals surface area contributed by atoms with Crippen molar-refractivity contribution in [1.82, 2.24) is 14.7 Å². The smallest absolute Gasteiger partial charge is 0.264 e. The van der Waals surface area contributed by atoms with Gasteiger partial charge in [0.25, 0.3) is 11.4 Å². The number of carbonyl (C=O) groups excluding carboxylic acids is 1. The molecule has 0 spiro atoms. The minimum absolute atomic E-state index is 0.0871. The fourth-order valence-electron chi connectivity index (χ4n) is 4.20. The summed E-state index contributed by atoms with van der Waals surface area (Å²) in [5.41, 5.74) is 4.55. The number of anilines is 1. The van der Waals surface area contributed by atoms with Crippen LogP contribution in [0.4, 0.5) is 5.69 Å². The van der Waals surface area contributed by atoms with Crippen molar-refractivity contribution in [3.63, 3.8) is 0 Å². The highest BCUT2D eigenvalue weighted by Gasteiger charge is 2.22. The molecule has 0 aliphatic carbocycles. The van der Waals surface area contributed by atoms with Crippen molar-refractivity contribution in [2.24, 2.45) is 0 Å². The predicted molar refractivity (Wildman–Crippen MR) is 130 cm³/mol. The Balaban J connectivity index is 1.45. The average molecular weight is 473 g/mol. The molecular formula is C26H24N4O5. The molecule has 3 heterocycles. The van der Waals surface area contributed by atoms with Crippen LogP contribution in [0.5, 0.6) is 11.5 Å². The van der Waals surface area contributed by atoms with Crippen molar-refractivity contribution in [1.29, 1.82) is 0 Å². The highest BCUT2D eigenvalue weighted by atomic mass is 16.7. The van der Waals surface area contributed by atoms with Crippen LogP contribution >= 0.6 is 0 Å². The fraction of sp³-hybridized carbons (Fsp3) is 0.231. The van der Waals surface area contributed by atoms with E-state index in [1.165, 1.54) is 4.57 Å². The first kappa shape index (κ1) is 22.4. The normalized spacial score (nSPS) is 12.1. The number of amides is 1. The van der Waals surface area contributed by atoms with E-state index < -0.39 is 0 Å². The van der Waals surface area contributed by atoms with Crippen LogP contribution in [0.15, 0.2) is 51.8 Å². The molecule has 1 aliphatic heterocycles. The maximum atomic E-state index is 13.5. The summed E-state index contributed by atoms with van der Waals surface area (Å²) in [6.07, 6.45) is 0. The third-order valence-corrected chi connectivity index (χ3v) is 6.02. The number of benzene rings is 2. The third-order valence-electron chi connectivity index (χ3n) is 6.02. The molecule has 0 radical (unpaired) electrons. The standard InChI is InChI=1S/C26H24N4O5/c1-14-6-5-7-15(2)23(14)27-21(31)12-30-17(4)10-16(3)22(26(30)32)25-28-24(29-35-25)18-8-9-19-20(11-18)34-13-33-19/h5-11H,12-13H2,1-4H3,(H,27,31). The van der Waals surface area contributed by atoms with Gasteiger partial charge in [-0.1, -0.05) is 23.4 Å². The summed E-state index contributed by atoms with van der Waals surface area (Å²) in [4.78, 5) is 30.8. The van der Waals surface area contributed by atoms with Gasteiger partial charge in [-0.25, -0.2) is 0 Å². The van der Waals surface area contributed by atoms with Crippen LogP contribution in [0.2, 0.25) is 0 Å². The van der Waals surface area contributed by atoms with Crippen molar-refractivity contribution in [3.05, 3.63) is 75.2 Å². The van der Waals surface area contributed by atoms with Gasteiger partial charge >= 0.3 is 0 Å². The van der Waals surface area contributed by atoms with Gasteiger partial charge in [-0.2, -0.15) is 4.98 Å². The monoisotopic (exact) mass is 472 g/mol. The van der Waals surface area contributed by atoms with Gasteiger partial charge in [-0.15, -0.1) is 0 Å². The van der Waals surface area contributed by atoms with Crippen LogP contribution in [-0.4, -0.2) is 27.4 Å². The van der Waals surface area contributed by atoms with Crippen LogP contribution in [0, 0.1) is 27.7 Å². The molecule has 0 unspecified atom stereocenters. The predicted octanol–water partition coefficient (Wildman–Crippen LogP) is 4.17. The molecule has 2 aromatic heterocycles. The van der Waals surface area contributed by atoms with Gasteiger partial charge in [0.05, 0.1) is 0 Å². The minimum Gasteiger partial charge on any atom is -0.454 e. The molecule has 1 N–H and O–H groups in total. The van der Waals surface area contributed by atoms with E-state index in [9.17, 15) is 9.59 Å². The third kappa shape index (κ3) is 4.16. The van der Waals surface area contributed by atoms with Gasteiger partial charge < -0.3 is 23.9 Å². The van der Waals surface area contributed by atoms with E-state index in [2.05, 4.69) is 15.5 Å². The largest absolute Gasteiger partial charge is 0.454 e. The topological polar surface area (TPSA) is 108 Å². The molecule has 0 bridgehead atoms. The maximum Gasteiger partial charge on any atom is 0.264 e.